The molecule has 0 unspecified atom stereocenters. The molecular weight excluding hydrogens is 269 g/mol. The molecule has 0 saturated carbocycles. The molecule has 0 nitrogen and oxygen atoms in total. The van der Waals surface area contributed by atoms with Crippen LogP contribution >= 0.6 is 0 Å². The SMILES string of the molecule is Cc1c[c-]ccc1.[CH2-]Cc1ccccc1.[Y]. The van der Waals surface area contributed by atoms with Crippen LogP contribution in [-0.4, -0.2) is 0 Å². The summed E-state index contributed by atoms with van der Waals surface area (Å²) >= 11 is 0. The summed E-state index contributed by atoms with van der Waals surface area (Å²) in [6, 6.07) is 21.1. The van der Waals surface area contributed by atoms with E-state index in [1.165, 1.54) is 11.1 Å². The maximum Gasteiger partial charge on any atom is 0 e. The Morgan fingerprint density at radius 2 is 1.75 bits per heavy atom. The van der Waals surface area contributed by atoms with Crippen LogP contribution < -0.4 is 0 Å². The Morgan fingerprint density at radius 1 is 1.06 bits per heavy atom. The zero-order chi connectivity index (χ0) is 10.9. The number of hydrogen-bond acceptors (Lipinski definition) is 0. The molecule has 0 saturated heterocycles. The van der Waals surface area contributed by atoms with Gasteiger partial charge in [0.05, 0.1) is 0 Å². The Morgan fingerprint density at radius 3 is 2.06 bits per heavy atom. The molecule has 0 aromatic heterocycles. The first-order valence-corrected chi connectivity index (χ1v) is 5.09. The molecule has 0 atom stereocenters. The standard InChI is InChI=1S/C8H9.C7H7.Y/c1-2-8-6-4-3-5-7-8;1-7-5-3-2-4-6-7;/h3-7H,1-2H2;2-3,5-6H,1H3;/q2*-1;. The average molecular weight is 285 g/mol. The van der Waals surface area contributed by atoms with Crippen LogP contribution in [0.15, 0.2) is 54.6 Å². The molecule has 1 radical (unpaired) electrons. The first-order chi connectivity index (χ1) is 7.33. The van der Waals surface area contributed by atoms with Gasteiger partial charge in [-0.3, -0.25) is 0 Å². The van der Waals surface area contributed by atoms with Gasteiger partial charge in [0.2, 0.25) is 0 Å². The summed E-state index contributed by atoms with van der Waals surface area (Å²) in [5.74, 6) is 0. The van der Waals surface area contributed by atoms with E-state index in [0.717, 1.165) is 6.42 Å². The van der Waals surface area contributed by atoms with Gasteiger partial charge in [0.25, 0.3) is 0 Å². The Hall–Kier alpha value is -0.456. The van der Waals surface area contributed by atoms with E-state index < -0.39 is 0 Å². The molecule has 2 aromatic rings. The van der Waals surface area contributed by atoms with Crippen LogP contribution in [0.25, 0.3) is 0 Å². The number of rotatable bonds is 1. The van der Waals surface area contributed by atoms with Crippen molar-refractivity contribution in [2.75, 3.05) is 0 Å². The van der Waals surface area contributed by atoms with E-state index in [1.54, 1.807) is 0 Å². The summed E-state index contributed by atoms with van der Waals surface area (Å²) in [6.45, 7) is 5.81. The Kier molecular flexibility index (Phi) is 9.47. The normalized spacial score (nSPS) is 8.38. The third-order valence-electron chi connectivity index (χ3n) is 1.99. The fourth-order valence-electron chi connectivity index (χ4n) is 1.13. The van der Waals surface area contributed by atoms with Gasteiger partial charge in [0.15, 0.2) is 0 Å². The minimum Gasteiger partial charge on any atom is -0.339 e. The summed E-state index contributed by atoms with van der Waals surface area (Å²) in [5, 5.41) is 0. The van der Waals surface area contributed by atoms with Crippen LogP contribution in [0.2, 0.25) is 0 Å². The molecule has 2 aromatic carbocycles. The van der Waals surface area contributed by atoms with Crippen molar-refractivity contribution in [3.8, 4) is 0 Å². The molecule has 1 heteroatoms. The minimum absolute atomic E-state index is 0. The Bertz CT molecular complexity index is 354. The van der Waals surface area contributed by atoms with E-state index >= 15 is 0 Å². The van der Waals surface area contributed by atoms with E-state index in [2.05, 4.69) is 38.1 Å². The van der Waals surface area contributed by atoms with Crippen LogP contribution in [0, 0.1) is 19.9 Å². The molecule has 0 heterocycles. The van der Waals surface area contributed by atoms with E-state index in [1.807, 2.05) is 36.4 Å². The third kappa shape index (κ3) is 6.92. The van der Waals surface area contributed by atoms with Crippen molar-refractivity contribution < 1.29 is 32.7 Å². The molecule has 0 bridgehead atoms. The van der Waals surface area contributed by atoms with Crippen molar-refractivity contribution in [1.82, 2.24) is 0 Å². The second-order valence-electron chi connectivity index (χ2n) is 3.32. The largest absolute Gasteiger partial charge is 0.339 e. The topological polar surface area (TPSA) is 0 Å². The first-order valence-electron chi connectivity index (χ1n) is 5.09. The number of aryl methyl sites for hydroxylation is 1. The van der Waals surface area contributed by atoms with Crippen LogP contribution in [0.1, 0.15) is 11.1 Å². The molecule has 2 rings (SSSR count). The average Bonchev–Trinajstić information content (AvgIpc) is 2.32. The van der Waals surface area contributed by atoms with Crippen molar-refractivity contribution in [2.24, 2.45) is 0 Å². The molecule has 0 aliphatic heterocycles. The van der Waals surface area contributed by atoms with Gasteiger partial charge in [-0.15, -0.1) is 0 Å². The van der Waals surface area contributed by atoms with Gasteiger partial charge in [0.1, 0.15) is 0 Å². The van der Waals surface area contributed by atoms with Gasteiger partial charge in [0, 0.05) is 32.7 Å². The van der Waals surface area contributed by atoms with Crippen LogP contribution in [0.5, 0.6) is 0 Å². The Labute approximate surface area is 124 Å². The van der Waals surface area contributed by atoms with E-state index in [4.69, 9.17) is 0 Å². The van der Waals surface area contributed by atoms with Crippen LogP contribution in [0.3, 0.4) is 0 Å². The van der Waals surface area contributed by atoms with Gasteiger partial charge in [-0.25, -0.2) is 0 Å². The van der Waals surface area contributed by atoms with Crippen LogP contribution in [-0.2, 0) is 39.1 Å². The predicted molar refractivity (Wildman–Crippen MR) is 65.5 cm³/mol. The second kappa shape index (κ2) is 9.75. The fourth-order valence-corrected chi connectivity index (χ4v) is 1.13. The summed E-state index contributed by atoms with van der Waals surface area (Å²) in [7, 11) is 0. The maximum atomic E-state index is 3.76. The van der Waals surface area contributed by atoms with Gasteiger partial charge < -0.3 is 6.92 Å². The van der Waals surface area contributed by atoms with Crippen molar-refractivity contribution >= 4 is 0 Å². The van der Waals surface area contributed by atoms with Crippen molar-refractivity contribution in [2.45, 2.75) is 13.3 Å². The molecule has 0 spiro atoms. The number of benzene rings is 2. The van der Waals surface area contributed by atoms with Crippen molar-refractivity contribution in [3.05, 3.63) is 78.7 Å². The minimum atomic E-state index is 0. The molecular formula is C15H16Y-2. The fraction of sp³-hybridized carbons (Fsp3) is 0.133. The molecule has 0 amide bonds. The maximum absolute atomic E-state index is 3.76. The monoisotopic (exact) mass is 285 g/mol. The predicted octanol–water partition coefficient (Wildman–Crippen LogP) is 3.86. The molecule has 0 aliphatic rings. The summed E-state index contributed by atoms with van der Waals surface area (Å²) in [4.78, 5) is 0. The molecule has 0 N–H and O–H groups in total. The van der Waals surface area contributed by atoms with Crippen molar-refractivity contribution in [1.29, 1.82) is 0 Å². The van der Waals surface area contributed by atoms with Gasteiger partial charge in [-0.2, -0.15) is 42.3 Å². The van der Waals surface area contributed by atoms with E-state index in [-0.39, 0.29) is 32.7 Å². The first kappa shape index (κ1) is 15.5. The quantitative estimate of drug-likeness (QED) is 0.698. The zero-order valence-corrected chi connectivity index (χ0v) is 12.5. The van der Waals surface area contributed by atoms with Gasteiger partial charge in [-0.1, -0.05) is 42.8 Å². The molecule has 81 valence electrons. The van der Waals surface area contributed by atoms with Crippen LogP contribution in [0.4, 0.5) is 0 Å². The molecule has 0 aliphatic carbocycles. The van der Waals surface area contributed by atoms with Crippen molar-refractivity contribution in [3.63, 3.8) is 0 Å². The summed E-state index contributed by atoms with van der Waals surface area (Å²) in [6.07, 6.45) is 0.890. The molecule has 0 fully saturated rings. The summed E-state index contributed by atoms with van der Waals surface area (Å²) in [5.41, 5.74) is 2.56. The smallest absolute Gasteiger partial charge is 0 e. The van der Waals surface area contributed by atoms with Gasteiger partial charge >= 0.3 is 0 Å². The second-order valence-corrected chi connectivity index (χ2v) is 3.32. The van der Waals surface area contributed by atoms with E-state index in [9.17, 15) is 0 Å². The Balaban J connectivity index is 0.000000267. The van der Waals surface area contributed by atoms with E-state index in [0.29, 0.717) is 0 Å². The summed E-state index contributed by atoms with van der Waals surface area (Å²) < 4.78 is 0. The third-order valence-corrected chi connectivity index (χ3v) is 1.99. The molecule has 16 heavy (non-hydrogen) atoms. The van der Waals surface area contributed by atoms with Gasteiger partial charge in [-0.05, 0) is 0 Å². The zero-order valence-electron chi connectivity index (χ0n) is 9.69. The number of hydrogen-bond donors (Lipinski definition) is 0.